The highest BCUT2D eigenvalue weighted by atomic mass is 16.5. The summed E-state index contributed by atoms with van der Waals surface area (Å²) in [6.45, 7) is 3.57. The van der Waals surface area contributed by atoms with Crippen molar-refractivity contribution < 1.29 is 13.9 Å². The predicted octanol–water partition coefficient (Wildman–Crippen LogP) is 4.09. The van der Waals surface area contributed by atoms with Gasteiger partial charge in [-0.2, -0.15) is 0 Å². The van der Waals surface area contributed by atoms with Gasteiger partial charge in [-0.25, -0.2) is 4.98 Å². The maximum Gasteiger partial charge on any atom is 0.199 e. The monoisotopic (exact) mass is 352 g/mol. The van der Waals surface area contributed by atoms with Crippen LogP contribution in [0.3, 0.4) is 0 Å². The Hall–Kier alpha value is -2.53. The molecule has 26 heavy (non-hydrogen) atoms. The number of likely N-dealkylation sites (tertiary alicyclic amines) is 1. The summed E-state index contributed by atoms with van der Waals surface area (Å²) in [6.07, 6.45) is 2.27. The highest BCUT2D eigenvalue weighted by molar-refractivity contribution is 5.72. The van der Waals surface area contributed by atoms with Gasteiger partial charge in [-0.1, -0.05) is 24.3 Å². The molecular weight excluding hydrogens is 328 g/mol. The molecule has 2 aromatic carbocycles. The van der Waals surface area contributed by atoms with Crippen LogP contribution in [0.4, 0.5) is 0 Å². The van der Waals surface area contributed by atoms with Crippen molar-refractivity contribution >= 4 is 11.1 Å². The number of ether oxygens (including phenoxy) is 2. The highest BCUT2D eigenvalue weighted by Crippen LogP contribution is 2.29. The molecule has 1 unspecified atom stereocenters. The molecule has 4 rings (SSSR count). The number of oxazole rings is 1. The van der Waals surface area contributed by atoms with Crippen molar-refractivity contribution in [2.24, 2.45) is 0 Å². The zero-order chi connectivity index (χ0) is 17.8. The molecule has 136 valence electrons. The van der Waals surface area contributed by atoms with Crippen LogP contribution in [-0.4, -0.2) is 43.2 Å². The van der Waals surface area contributed by atoms with Gasteiger partial charge in [-0.3, -0.25) is 4.90 Å². The molecule has 5 nitrogen and oxygen atoms in total. The van der Waals surface area contributed by atoms with E-state index in [1.54, 1.807) is 7.11 Å². The maximum atomic E-state index is 5.97. The third kappa shape index (κ3) is 3.68. The summed E-state index contributed by atoms with van der Waals surface area (Å²) in [7, 11) is 1.66. The fourth-order valence-electron chi connectivity index (χ4n) is 3.55. The van der Waals surface area contributed by atoms with Crippen LogP contribution in [0, 0.1) is 0 Å². The first-order chi connectivity index (χ1) is 12.8. The lowest BCUT2D eigenvalue weighted by Gasteiger charge is -2.31. The number of fused-ring (bicyclic) bond motifs is 1. The topological polar surface area (TPSA) is 47.7 Å². The molecule has 1 aliphatic heterocycles. The number of piperidine rings is 1. The molecule has 1 aromatic heterocycles. The molecule has 0 aliphatic carbocycles. The summed E-state index contributed by atoms with van der Waals surface area (Å²) in [5.41, 5.74) is 1.82. The molecule has 0 spiro atoms. The third-order valence-corrected chi connectivity index (χ3v) is 4.90. The zero-order valence-electron chi connectivity index (χ0n) is 15.1. The minimum absolute atomic E-state index is 0.349. The van der Waals surface area contributed by atoms with Crippen molar-refractivity contribution in [1.82, 2.24) is 9.88 Å². The second-order valence-electron chi connectivity index (χ2n) is 6.66. The maximum absolute atomic E-state index is 5.97. The van der Waals surface area contributed by atoms with Gasteiger partial charge in [0.25, 0.3) is 0 Å². The van der Waals surface area contributed by atoms with E-state index in [1.165, 1.54) is 0 Å². The van der Waals surface area contributed by atoms with E-state index in [4.69, 9.17) is 13.9 Å². The summed E-state index contributed by atoms with van der Waals surface area (Å²) < 4.78 is 17.2. The van der Waals surface area contributed by atoms with Crippen LogP contribution in [0.2, 0.25) is 0 Å². The first kappa shape index (κ1) is 16.9. The third-order valence-electron chi connectivity index (χ3n) is 4.90. The minimum Gasteiger partial charge on any atom is -0.493 e. The number of methoxy groups -OCH3 is 1. The van der Waals surface area contributed by atoms with Gasteiger partial charge in [0.2, 0.25) is 0 Å². The molecule has 0 bridgehead atoms. The van der Waals surface area contributed by atoms with Crippen molar-refractivity contribution in [2.75, 3.05) is 33.4 Å². The van der Waals surface area contributed by atoms with E-state index >= 15 is 0 Å². The van der Waals surface area contributed by atoms with Crippen LogP contribution in [0.5, 0.6) is 11.5 Å². The summed E-state index contributed by atoms with van der Waals surface area (Å²) in [6, 6.07) is 15.7. The van der Waals surface area contributed by atoms with Crippen molar-refractivity contribution in [3.63, 3.8) is 0 Å². The summed E-state index contributed by atoms with van der Waals surface area (Å²) in [5, 5.41) is 0. The second kappa shape index (κ2) is 7.79. The molecule has 0 saturated carbocycles. The lowest BCUT2D eigenvalue weighted by atomic mass is 9.98. The molecule has 0 amide bonds. The number of hydrogen-bond donors (Lipinski definition) is 0. The Balaban J connectivity index is 1.35. The molecule has 0 N–H and O–H groups in total. The molecule has 5 heteroatoms. The van der Waals surface area contributed by atoms with Crippen molar-refractivity contribution in [3.8, 4) is 11.5 Å². The number of rotatable bonds is 6. The highest BCUT2D eigenvalue weighted by Gasteiger charge is 2.25. The molecule has 1 saturated heterocycles. The predicted molar refractivity (Wildman–Crippen MR) is 101 cm³/mol. The van der Waals surface area contributed by atoms with Gasteiger partial charge in [0.05, 0.1) is 7.11 Å². The van der Waals surface area contributed by atoms with Crippen LogP contribution in [-0.2, 0) is 0 Å². The Labute approximate surface area is 153 Å². The number of para-hydroxylation sites is 4. The molecule has 1 fully saturated rings. The van der Waals surface area contributed by atoms with E-state index in [0.717, 1.165) is 61.0 Å². The van der Waals surface area contributed by atoms with E-state index in [0.29, 0.717) is 12.5 Å². The molecule has 3 aromatic rings. The molecule has 2 heterocycles. The number of benzene rings is 2. The van der Waals surface area contributed by atoms with E-state index < -0.39 is 0 Å². The summed E-state index contributed by atoms with van der Waals surface area (Å²) in [4.78, 5) is 7.11. The second-order valence-corrected chi connectivity index (χ2v) is 6.66. The van der Waals surface area contributed by atoms with Gasteiger partial charge < -0.3 is 13.9 Å². The quantitative estimate of drug-likeness (QED) is 0.668. The fraction of sp³-hybridized carbons (Fsp3) is 0.381. The fourth-order valence-corrected chi connectivity index (χ4v) is 3.55. The van der Waals surface area contributed by atoms with Crippen LogP contribution in [0.25, 0.3) is 11.1 Å². The average Bonchev–Trinajstić information content (AvgIpc) is 3.13. The normalized spacial score (nSPS) is 18.1. The lowest BCUT2D eigenvalue weighted by Crippen LogP contribution is -2.37. The first-order valence-corrected chi connectivity index (χ1v) is 9.17. The largest absolute Gasteiger partial charge is 0.493 e. The Morgan fingerprint density at radius 3 is 2.77 bits per heavy atom. The SMILES string of the molecule is COc1ccccc1OCCN1CCCC(c2nc3ccccc3o2)C1. The Kier molecular flexibility index (Phi) is 5.07. The first-order valence-electron chi connectivity index (χ1n) is 9.17. The Morgan fingerprint density at radius 2 is 1.92 bits per heavy atom. The summed E-state index contributed by atoms with van der Waals surface area (Å²) >= 11 is 0. The zero-order valence-corrected chi connectivity index (χ0v) is 15.1. The molecule has 0 radical (unpaired) electrons. The van der Waals surface area contributed by atoms with E-state index in [2.05, 4.69) is 9.88 Å². The van der Waals surface area contributed by atoms with Gasteiger partial charge in [0.1, 0.15) is 12.1 Å². The van der Waals surface area contributed by atoms with Crippen molar-refractivity contribution in [3.05, 3.63) is 54.4 Å². The Morgan fingerprint density at radius 1 is 1.12 bits per heavy atom. The van der Waals surface area contributed by atoms with Crippen LogP contribution in [0.1, 0.15) is 24.7 Å². The average molecular weight is 352 g/mol. The van der Waals surface area contributed by atoms with Gasteiger partial charge in [-0.15, -0.1) is 0 Å². The van der Waals surface area contributed by atoms with Gasteiger partial charge in [-0.05, 0) is 43.7 Å². The summed E-state index contributed by atoms with van der Waals surface area (Å²) in [5.74, 6) is 2.78. The van der Waals surface area contributed by atoms with Gasteiger partial charge in [0.15, 0.2) is 23.0 Å². The lowest BCUT2D eigenvalue weighted by molar-refractivity contribution is 0.160. The van der Waals surface area contributed by atoms with Crippen LogP contribution in [0.15, 0.2) is 52.9 Å². The Bertz CT molecular complexity index is 828. The van der Waals surface area contributed by atoms with E-state index in [1.807, 2.05) is 48.5 Å². The number of hydrogen-bond acceptors (Lipinski definition) is 5. The van der Waals surface area contributed by atoms with Gasteiger partial charge >= 0.3 is 0 Å². The molecule has 1 atom stereocenters. The smallest absolute Gasteiger partial charge is 0.199 e. The van der Waals surface area contributed by atoms with Crippen LogP contribution < -0.4 is 9.47 Å². The standard InChI is InChI=1S/C21H24N2O3/c1-24-19-10-4-5-11-20(19)25-14-13-23-12-6-7-16(15-23)21-22-17-8-2-3-9-18(17)26-21/h2-5,8-11,16H,6-7,12-15H2,1H3. The van der Waals surface area contributed by atoms with Gasteiger partial charge in [0, 0.05) is 19.0 Å². The molecule has 1 aliphatic rings. The van der Waals surface area contributed by atoms with Crippen LogP contribution >= 0.6 is 0 Å². The number of nitrogens with zero attached hydrogens (tertiary/aromatic N) is 2. The molecular formula is C21H24N2O3. The van der Waals surface area contributed by atoms with Crippen molar-refractivity contribution in [1.29, 1.82) is 0 Å². The van der Waals surface area contributed by atoms with Crippen molar-refractivity contribution in [2.45, 2.75) is 18.8 Å². The minimum atomic E-state index is 0.349. The number of aromatic nitrogens is 1. The van der Waals surface area contributed by atoms with E-state index in [-0.39, 0.29) is 0 Å². The van der Waals surface area contributed by atoms with E-state index in [9.17, 15) is 0 Å².